The summed E-state index contributed by atoms with van der Waals surface area (Å²) in [6, 6.07) is 0. The molecule has 0 saturated carbocycles. The van der Waals surface area contributed by atoms with Crippen LogP contribution >= 0.6 is 0 Å². The van der Waals surface area contributed by atoms with Gasteiger partial charge in [-0.15, -0.1) is 0 Å². The molecule has 0 N–H and O–H groups in total. The van der Waals surface area contributed by atoms with Crippen molar-refractivity contribution in [2.45, 2.75) is 136 Å². The molecule has 0 rings (SSSR count). The van der Waals surface area contributed by atoms with Crippen LogP contribution in [0.2, 0.25) is 0 Å². The molecule has 30 heavy (non-hydrogen) atoms. The van der Waals surface area contributed by atoms with E-state index in [1.807, 2.05) is 0 Å². The summed E-state index contributed by atoms with van der Waals surface area (Å²) in [5.41, 5.74) is 0. The molecule has 0 aliphatic carbocycles. The first kappa shape index (κ1) is 29.0. The smallest absolute Gasteiger partial charge is 0.434 e. The van der Waals surface area contributed by atoms with Crippen LogP contribution in [0.4, 0.5) is 4.79 Å². The van der Waals surface area contributed by atoms with Gasteiger partial charge in [-0.05, 0) is 50.9 Å². The number of carbonyl (C=O) groups is 1. The number of carbonyl (C=O) groups excluding carboxylic acids is 1. The second-order valence-electron chi connectivity index (χ2n) is 9.13. The molecule has 0 aromatic carbocycles. The number of unbranched alkanes of at least 4 members (excludes halogenated alkanes) is 14. The van der Waals surface area contributed by atoms with Crippen molar-refractivity contribution in [1.29, 1.82) is 0 Å². The van der Waals surface area contributed by atoms with Gasteiger partial charge in [-0.25, -0.2) is 4.79 Å². The van der Waals surface area contributed by atoms with E-state index in [1.165, 1.54) is 89.9 Å². The Labute approximate surface area is 188 Å². The van der Waals surface area contributed by atoms with Gasteiger partial charge in [0.2, 0.25) is 0 Å². The zero-order valence-corrected chi connectivity index (χ0v) is 20.6. The quantitative estimate of drug-likeness (QED) is 0.0986. The fraction of sp³-hybridized carbons (Fsp3) is 0.889. The van der Waals surface area contributed by atoms with Crippen molar-refractivity contribution < 1.29 is 14.3 Å². The third kappa shape index (κ3) is 25.0. The summed E-state index contributed by atoms with van der Waals surface area (Å²) < 4.78 is 10.2. The molecule has 0 amide bonds. The highest BCUT2D eigenvalue weighted by atomic mass is 16.7. The highest BCUT2D eigenvalue weighted by molar-refractivity contribution is 5.59. The molecule has 0 spiro atoms. The monoisotopic (exact) mass is 424 g/mol. The molecule has 0 bridgehead atoms. The number of rotatable bonds is 22. The standard InChI is InChI=1S/C27H52O3/c1-4-5-6-7-8-9-10-11-12-13-14-15-16-17-18-19-20-21-24-29-27(28)30-25-22-23-26(2)3/h13-14,26H,4-12,15-25H2,1-3H3/b14-13-. The minimum Gasteiger partial charge on any atom is -0.434 e. The first-order valence-electron chi connectivity index (χ1n) is 13.1. The van der Waals surface area contributed by atoms with Crippen molar-refractivity contribution in [2.75, 3.05) is 13.2 Å². The SMILES string of the molecule is CCCCCCCCCC/C=C\CCCCCCCCOC(=O)OCCCC(C)C. The van der Waals surface area contributed by atoms with E-state index in [0.29, 0.717) is 19.1 Å². The van der Waals surface area contributed by atoms with Crippen LogP contribution in [-0.2, 0) is 9.47 Å². The van der Waals surface area contributed by atoms with E-state index in [0.717, 1.165) is 25.7 Å². The summed E-state index contributed by atoms with van der Waals surface area (Å²) in [6.07, 6.45) is 27.2. The van der Waals surface area contributed by atoms with Gasteiger partial charge in [0.1, 0.15) is 0 Å². The number of hydrogen-bond donors (Lipinski definition) is 0. The molecule has 0 aromatic rings. The molecule has 0 atom stereocenters. The molecule has 0 unspecified atom stereocenters. The van der Waals surface area contributed by atoms with Gasteiger partial charge in [0.25, 0.3) is 0 Å². The zero-order valence-electron chi connectivity index (χ0n) is 20.6. The van der Waals surface area contributed by atoms with E-state index < -0.39 is 6.16 Å². The fourth-order valence-corrected chi connectivity index (χ4v) is 3.55. The lowest BCUT2D eigenvalue weighted by atomic mass is 10.1. The summed E-state index contributed by atoms with van der Waals surface area (Å²) in [7, 11) is 0. The number of ether oxygens (including phenoxy) is 2. The first-order chi connectivity index (χ1) is 14.7. The lowest BCUT2D eigenvalue weighted by molar-refractivity contribution is 0.0524. The Balaban J connectivity index is 3.18. The molecule has 0 aliphatic heterocycles. The lowest BCUT2D eigenvalue weighted by Crippen LogP contribution is -2.09. The topological polar surface area (TPSA) is 35.5 Å². The highest BCUT2D eigenvalue weighted by Gasteiger charge is 2.03. The minimum absolute atomic E-state index is 0.477. The molecule has 3 heteroatoms. The summed E-state index contributed by atoms with van der Waals surface area (Å²) in [4.78, 5) is 11.4. The molecular weight excluding hydrogens is 372 g/mol. The van der Waals surface area contributed by atoms with Crippen LogP contribution in [0.5, 0.6) is 0 Å². The number of allylic oxidation sites excluding steroid dienone is 2. The van der Waals surface area contributed by atoms with Crippen molar-refractivity contribution >= 4 is 6.16 Å². The molecule has 178 valence electrons. The van der Waals surface area contributed by atoms with Gasteiger partial charge in [-0.2, -0.15) is 0 Å². The van der Waals surface area contributed by atoms with Crippen molar-refractivity contribution in [3.8, 4) is 0 Å². The van der Waals surface area contributed by atoms with Crippen LogP contribution in [-0.4, -0.2) is 19.4 Å². The molecular formula is C27H52O3. The van der Waals surface area contributed by atoms with Gasteiger partial charge in [0.15, 0.2) is 0 Å². The zero-order chi connectivity index (χ0) is 22.1. The van der Waals surface area contributed by atoms with Crippen molar-refractivity contribution in [3.63, 3.8) is 0 Å². The second-order valence-corrected chi connectivity index (χ2v) is 9.13. The maximum atomic E-state index is 11.4. The Morgan fingerprint density at radius 3 is 1.57 bits per heavy atom. The van der Waals surface area contributed by atoms with Crippen LogP contribution in [0.25, 0.3) is 0 Å². The van der Waals surface area contributed by atoms with Crippen molar-refractivity contribution in [2.24, 2.45) is 5.92 Å². The molecule has 0 aromatic heterocycles. The normalized spacial score (nSPS) is 11.5. The third-order valence-corrected chi connectivity index (χ3v) is 5.52. The van der Waals surface area contributed by atoms with Crippen molar-refractivity contribution in [1.82, 2.24) is 0 Å². The third-order valence-electron chi connectivity index (χ3n) is 5.52. The molecule has 0 radical (unpaired) electrons. The number of hydrogen-bond acceptors (Lipinski definition) is 3. The maximum absolute atomic E-state index is 11.4. The van der Waals surface area contributed by atoms with Gasteiger partial charge in [0, 0.05) is 0 Å². The van der Waals surface area contributed by atoms with E-state index >= 15 is 0 Å². The van der Waals surface area contributed by atoms with Crippen LogP contribution in [0.15, 0.2) is 12.2 Å². The Morgan fingerprint density at radius 2 is 1.07 bits per heavy atom. The predicted octanol–water partition coefficient (Wildman–Crippen LogP) is 9.39. The van der Waals surface area contributed by atoms with Gasteiger partial charge >= 0.3 is 6.16 Å². The molecule has 0 aliphatic rings. The van der Waals surface area contributed by atoms with E-state index in [1.54, 1.807) is 0 Å². The first-order valence-corrected chi connectivity index (χ1v) is 13.1. The van der Waals surface area contributed by atoms with Gasteiger partial charge in [-0.1, -0.05) is 104 Å². The average Bonchev–Trinajstić information content (AvgIpc) is 2.72. The summed E-state index contributed by atoms with van der Waals surface area (Å²) in [5.74, 6) is 0.653. The van der Waals surface area contributed by atoms with Gasteiger partial charge < -0.3 is 9.47 Å². The van der Waals surface area contributed by atoms with Crippen molar-refractivity contribution in [3.05, 3.63) is 12.2 Å². The Kier molecular flexibility index (Phi) is 23.5. The molecule has 0 saturated heterocycles. The lowest BCUT2D eigenvalue weighted by Gasteiger charge is -2.07. The van der Waals surface area contributed by atoms with Gasteiger partial charge in [0.05, 0.1) is 13.2 Å². The molecule has 3 nitrogen and oxygen atoms in total. The second kappa shape index (κ2) is 24.3. The maximum Gasteiger partial charge on any atom is 0.508 e. The fourth-order valence-electron chi connectivity index (χ4n) is 3.55. The largest absolute Gasteiger partial charge is 0.508 e. The van der Waals surface area contributed by atoms with Crippen LogP contribution in [0, 0.1) is 5.92 Å². The van der Waals surface area contributed by atoms with E-state index in [-0.39, 0.29) is 0 Å². The predicted molar refractivity (Wildman–Crippen MR) is 130 cm³/mol. The van der Waals surface area contributed by atoms with Crippen LogP contribution in [0.3, 0.4) is 0 Å². The van der Waals surface area contributed by atoms with E-state index in [2.05, 4.69) is 32.9 Å². The van der Waals surface area contributed by atoms with Crippen LogP contribution in [0.1, 0.15) is 136 Å². The summed E-state index contributed by atoms with van der Waals surface area (Å²) in [5, 5.41) is 0. The van der Waals surface area contributed by atoms with Crippen LogP contribution < -0.4 is 0 Å². The Morgan fingerprint density at radius 1 is 0.633 bits per heavy atom. The molecule has 0 heterocycles. The summed E-state index contributed by atoms with van der Waals surface area (Å²) in [6.45, 7) is 7.59. The highest BCUT2D eigenvalue weighted by Crippen LogP contribution is 2.11. The Hall–Kier alpha value is -0.990. The van der Waals surface area contributed by atoms with E-state index in [9.17, 15) is 4.79 Å². The van der Waals surface area contributed by atoms with E-state index in [4.69, 9.17) is 9.47 Å². The van der Waals surface area contributed by atoms with Gasteiger partial charge in [-0.3, -0.25) is 0 Å². The minimum atomic E-state index is -0.502. The molecule has 0 fully saturated rings. The average molecular weight is 425 g/mol. The summed E-state index contributed by atoms with van der Waals surface area (Å²) >= 11 is 0. The Bertz CT molecular complexity index is 376.